The normalized spacial score (nSPS) is 20.5. The van der Waals surface area contributed by atoms with Crippen LogP contribution in [0.3, 0.4) is 0 Å². The van der Waals surface area contributed by atoms with Crippen molar-refractivity contribution < 1.29 is 18.8 Å². The zero-order valence-electron chi connectivity index (χ0n) is 35.9. The minimum atomic E-state index is -0.704. The molecule has 63 heavy (non-hydrogen) atoms. The molecule has 328 valence electrons. The van der Waals surface area contributed by atoms with Gasteiger partial charge in [-0.1, -0.05) is 12.8 Å². The summed E-state index contributed by atoms with van der Waals surface area (Å²) in [6.45, 7) is 4.83. The molecule has 0 bridgehead atoms. The Balaban J connectivity index is 0.769. The van der Waals surface area contributed by atoms with Crippen molar-refractivity contribution in [1.82, 2.24) is 40.0 Å². The Bertz CT molecular complexity index is 2620. The summed E-state index contributed by atoms with van der Waals surface area (Å²) in [6.07, 6.45) is 12.1. The first-order valence-corrected chi connectivity index (χ1v) is 21.8. The van der Waals surface area contributed by atoms with E-state index < -0.39 is 11.9 Å². The van der Waals surface area contributed by atoms with Crippen molar-refractivity contribution in [3.63, 3.8) is 0 Å². The van der Waals surface area contributed by atoms with Gasteiger partial charge in [-0.05, 0) is 113 Å². The molecule has 3 saturated carbocycles. The van der Waals surface area contributed by atoms with Gasteiger partial charge in [0.25, 0.3) is 11.5 Å². The third-order valence-electron chi connectivity index (χ3n) is 13.4. The summed E-state index contributed by atoms with van der Waals surface area (Å²) in [5, 5.41) is 21.3. The van der Waals surface area contributed by atoms with Crippen LogP contribution in [0.5, 0.6) is 0 Å². The van der Waals surface area contributed by atoms with Gasteiger partial charge in [0.1, 0.15) is 17.3 Å². The number of pyridine rings is 3. The van der Waals surface area contributed by atoms with E-state index in [4.69, 9.17) is 4.98 Å². The van der Waals surface area contributed by atoms with E-state index in [1.54, 1.807) is 34.7 Å². The van der Waals surface area contributed by atoms with Crippen LogP contribution in [0.25, 0.3) is 11.0 Å². The second-order valence-electron chi connectivity index (χ2n) is 17.7. The van der Waals surface area contributed by atoms with Crippen LogP contribution >= 0.6 is 0 Å². The maximum atomic E-state index is 14.3. The first-order valence-electron chi connectivity index (χ1n) is 21.8. The summed E-state index contributed by atoms with van der Waals surface area (Å²) in [5.41, 5.74) is 2.20. The average Bonchev–Trinajstić information content (AvgIpc) is 3.52. The van der Waals surface area contributed by atoms with Gasteiger partial charge in [-0.2, -0.15) is 9.37 Å². The van der Waals surface area contributed by atoms with Crippen molar-refractivity contribution in [2.24, 2.45) is 11.3 Å². The number of fused-ring (bicyclic) bond motifs is 1. The highest BCUT2D eigenvalue weighted by Crippen LogP contribution is 2.59. The third kappa shape index (κ3) is 8.49. The van der Waals surface area contributed by atoms with Crippen molar-refractivity contribution in [1.29, 1.82) is 0 Å². The lowest BCUT2D eigenvalue weighted by Crippen LogP contribution is -2.39. The van der Waals surface area contributed by atoms with Gasteiger partial charge < -0.3 is 31.1 Å². The Morgan fingerprint density at radius 1 is 0.889 bits per heavy atom. The van der Waals surface area contributed by atoms with E-state index in [2.05, 4.69) is 51.3 Å². The first-order chi connectivity index (χ1) is 30.4. The van der Waals surface area contributed by atoms with Crippen LogP contribution in [0.4, 0.5) is 39.3 Å². The number of nitrogens with one attached hydrogen (secondary N) is 4. The fraction of sp³-hybridized carbons (Fsp3) is 0.467. The summed E-state index contributed by atoms with van der Waals surface area (Å²) in [5.74, 6) is 0.541. The second-order valence-corrected chi connectivity index (χ2v) is 17.7. The lowest BCUT2D eigenvalue weighted by Gasteiger charge is -2.34. The number of ketones is 1. The van der Waals surface area contributed by atoms with Gasteiger partial charge >= 0.3 is 0 Å². The van der Waals surface area contributed by atoms with E-state index in [1.807, 2.05) is 32.4 Å². The maximum absolute atomic E-state index is 14.3. The third-order valence-corrected chi connectivity index (χ3v) is 13.4. The monoisotopic (exact) mass is 857 g/mol. The number of piperidine rings is 1. The zero-order valence-corrected chi connectivity index (χ0v) is 35.9. The molecule has 5 aromatic rings. The first kappa shape index (κ1) is 41.7. The molecule has 6 heterocycles. The largest absolute Gasteiger partial charge is 0.370 e. The molecule has 1 aliphatic heterocycles. The molecule has 18 heteroatoms. The van der Waals surface area contributed by atoms with Gasteiger partial charge in [0.15, 0.2) is 17.4 Å². The number of rotatable bonds is 12. The lowest BCUT2D eigenvalue weighted by atomic mass is 9.90. The highest BCUT2D eigenvalue weighted by atomic mass is 19.1. The SMILES string of the molecule is CC(=O)c1c(C)c2cnc(Nc3ccc(N4CCC5(CC4)CC5C(=O)NC4CCC(Nc5nc(F)ccc5C(=O)Nc5ccc(N(C)C)nn5)C4)cn3)nc2n(C2CCCC2)c1=O. The van der Waals surface area contributed by atoms with Crippen LogP contribution in [-0.4, -0.2) is 91.6 Å². The predicted molar refractivity (Wildman–Crippen MR) is 237 cm³/mol. The maximum Gasteiger partial charge on any atom is 0.263 e. The van der Waals surface area contributed by atoms with Gasteiger partial charge in [-0.25, -0.2) is 15.0 Å². The van der Waals surface area contributed by atoms with Gasteiger partial charge in [0.2, 0.25) is 17.8 Å². The quantitative estimate of drug-likeness (QED) is 0.0846. The minimum absolute atomic E-state index is 0.00700. The number of hydrogen-bond donors (Lipinski definition) is 4. The Labute approximate surface area is 363 Å². The Morgan fingerprint density at radius 3 is 2.35 bits per heavy atom. The number of Topliss-reactive ketones (excluding diaryl/α,β-unsaturated/α-hetero) is 1. The number of halogens is 1. The Hall–Kier alpha value is -6.59. The highest BCUT2D eigenvalue weighted by molar-refractivity contribution is 6.07. The van der Waals surface area contributed by atoms with E-state index >= 15 is 0 Å². The smallest absolute Gasteiger partial charge is 0.263 e. The Morgan fingerprint density at radius 2 is 1.65 bits per heavy atom. The second kappa shape index (κ2) is 16.9. The van der Waals surface area contributed by atoms with Gasteiger partial charge in [0, 0.05) is 62.8 Å². The number of aromatic nitrogens is 7. The zero-order chi connectivity index (χ0) is 44.0. The summed E-state index contributed by atoms with van der Waals surface area (Å²) in [4.78, 5) is 74.9. The van der Waals surface area contributed by atoms with Gasteiger partial charge in [-0.15, -0.1) is 10.2 Å². The molecular weight excluding hydrogens is 806 g/mol. The van der Waals surface area contributed by atoms with Crippen LogP contribution < -0.4 is 36.6 Å². The van der Waals surface area contributed by atoms with Crippen LogP contribution in [0.1, 0.15) is 103 Å². The van der Waals surface area contributed by atoms with Crippen molar-refractivity contribution in [2.45, 2.75) is 96.2 Å². The minimum Gasteiger partial charge on any atom is -0.370 e. The van der Waals surface area contributed by atoms with E-state index in [0.717, 1.165) is 82.6 Å². The Kier molecular flexibility index (Phi) is 11.2. The van der Waals surface area contributed by atoms with E-state index in [9.17, 15) is 23.6 Å². The van der Waals surface area contributed by atoms with Crippen LogP contribution in [-0.2, 0) is 4.79 Å². The number of hydrogen-bond acceptors (Lipinski definition) is 14. The highest BCUT2D eigenvalue weighted by Gasteiger charge is 2.58. The molecule has 0 radical (unpaired) electrons. The van der Waals surface area contributed by atoms with E-state index in [0.29, 0.717) is 40.6 Å². The summed E-state index contributed by atoms with van der Waals surface area (Å²) < 4.78 is 16.0. The molecule has 5 aromatic heterocycles. The van der Waals surface area contributed by atoms with Crippen molar-refractivity contribution in [3.05, 3.63) is 81.8 Å². The topological polar surface area (TPSA) is 205 Å². The number of anilines is 6. The number of carbonyl (C=O) groups is 3. The van der Waals surface area contributed by atoms with Crippen molar-refractivity contribution in [2.75, 3.05) is 52.9 Å². The molecule has 9 rings (SSSR count). The number of carbonyl (C=O) groups excluding carboxylic acids is 3. The molecule has 4 N–H and O–H groups in total. The summed E-state index contributed by atoms with van der Waals surface area (Å²) in [6, 6.07) is 9.68. The molecule has 1 spiro atoms. The molecule has 4 aliphatic rings. The fourth-order valence-corrected chi connectivity index (χ4v) is 9.83. The number of amides is 2. The average molecular weight is 858 g/mol. The van der Waals surface area contributed by atoms with Crippen LogP contribution in [0.2, 0.25) is 0 Å². The molecule has 3 aliphatic carbocycles. The number of nitrogens with zero attached hydrogens (tertiary/aromatic N) is 9. The summed E-state index contributed by atoms with van der Waals surface area (Å²) >= 11 is 0. The van der Waals surface area contributed by atoms with E-state index in [-0.39, 0.29) is 69.5 Å². The van der Waals surface area contributed by atoms with Crippen molar-refractivity contribution in [3.8, 4) is 0 Å². The van der Waals surface area contributed by atoms with Crippen LogP contribution in [0.15, 0.2) is 53.6 Å². The fourth-order valence-electron chi connectivity index (χ4n) is 9.83. The van der Waals surface area contributed by atoms with Crippen molar-refractivity contribution >= 4 is 63.5 Å². The van der Waals surface area contributed by atoms with Crippen LogP contribution in [0, 0.1) is 24.2 Å². The molecule has 1 saturated heterocycles. The molecule has 17 nitrogen and oxygen atoms in total. The molecule has 3 atom stereocenters. The standard InChI is InChI=1S/C45H52FN13O4/c1-25-32-24-48-44(54-40(32)59(29-7-5-6-8-29)43(63)38(25)26(2)60)53-35-14-11-30(23-47-35)58-19-17-45(18-20-58)22-33(45)42(62)50-28-10-9-27(21-28)49-39-31(12-13-34(46)51-39)41(61)52-36-15-16-37(56-55-36)57(3)4/h11-16,23-24,27-29,33H,5-10,17-22H2,1-4H3,(H,49,51)(H,50,62)(H,52,55,61)(H,47,48,53,54). The molecule has 4 fully saturated rings. The molecular formula is C45H52FN13O4. The summed E-state index contributed by atoms with van der Waals surface area (Å²) in [7, 11) is 3.68. The lowest BCUT2D eigenvalue weighted by molar-refractivity contribution is -0.123. The molecule has 3 unspecified atom stereocenters. The molecule has 2 amide bonds. The predicted octanol–water partition coefficient (Wildman–Crippen LogP) is 5.95. The molecule has 0 aromatic carbocycles. The van der Waals surface area contributed by atoms with E-state index in [1.165, 1.54) is 13.0 Å². The van der Waals surface area contributed by atoms with Gasteiger partial charge in [0.05, 0.1) is 23.0 Å². The number of aryl methyl sites for hydroxylation is 1. The van der Waals surface area contributed by atoms with Gasteiger partial charge in [-0.3, -0.25) is 23.7 Å².